The van der Waals surface area contributed by atoms with Crippen molar-refractivity contribution in [3.8, 4) is 16.5 Å². The van der Waals surface area contributed by atoms with Crippen molar-refractivity contribution in [2.24, 2.45) is 0 Å². The van der Waals surface area contributed by atoms with Gasteiger partial charge < -0.3 is 18.3 Å². The van der Waals surface area contributed by atoms with Crippen molar-refractivity contribution < 1.29 is 23.1 Å². The number of fused-ring (bicyclic) bond motifs is 1. The molecule has 6 aromatic rings. The minimum Gasteiger partial charge on any atom is -0.508 e. The molecule has 0 saturated heterocycles. The van der Waals surface area contributed by atoms with E-state index in [9.17, 15) is 9.59 Å². The van der Waals surface area contributed by atoms with E-state index in [-0.39, 0.29) is 11.9 Å². The fourth-order valence-electron chi connectivity index (χ4n) is 7.08. The zero-order valence-electron chi connectivity index (χ0n) is 31.3. The molecule has 3 aromatic heterocycles. The summed E-state index contributed by atoms with van der Waals surface area (Å²) in [6.07, 6.45) is 2.35. The second-order valence-corrected chi connectivity index (χ2v) is 19.6. The van der Waals surface area contributed by atoms with E-state index in [2.05, 4.69) is 25.8 Å². The van der Waals surface area contributed by atoms with Crippen molar-refractivity contribution in [3.05, 3.63) is 129 Å². The van der Waals surface area contributed by atoms with Crippen molar-refractivity contribution in [1.82, 2.24) is 14.1 Å². The number of ether oxygens (including phenoxy) is 2. The smallest absolute Gasteiger partial charge is 0.333 e. The molecule has 0 radical (unpaired) electrons. The molecule has 3 heterocycles. The van der Waals surface area contributed by atoms with Gasteiger partial charge in [-0.05, 0) is 54.7 Å². The Bertz CT molecular complexity index is 2300. The number of aromatic nitrogens is 3. The Labute approximate surface area is 313 Å². The third kappa shape index (κ3) is 6.60. The molecule has 0 N–H and O–H groups in total. The number of nitrogens with zero attached hydrogens (tertiary/aromatic N) is 3. The van der Waals surface area contributed by atoms with Crippen LogP contribution >= 0.6 is 11.3 Å². The summed E-state index contributed by atoms with van der Waals surface area (Å²) in [5.41, 5.74) is -1.71. The lowest BCUT2D eigenvalue weighted by atomic mass is 10.1. The van der Waals surface area contributed by atoms with Crippen LogP contribution in [0.2, 0.25) is 5.04 Å². The van der Waals surface area contributed by atoms with E-state index in [1.165, 1.54) is 28.4 Å². The number of benzene rings is 3. The van der Waals surface area contributed by atoms with E-state index in [0.717, 1.165) is 20.5 Å². The van der Waals surface area contributed by atoms with Gasteiger partial charge in [-0.25, -0.2) is 14.3 Å². The van der Waals surface area contributed by atoms with E-state index in [1.807, 2.05) is 91.9 Å². The molecule has 0 spiro atoms. The Morgan fingerprint density at radius 1 is 0.925 bits per heavy atom. The van der Waals surface area contributed by atoms with Gasteiger partial charge in [-0.2, -0.15) is 0 Å². The zero-order chi connectivity index (χ0) is 38.1. The molecule has 0 unspecified atom stereocenters. The molecule has 0 amide bonds. The summed E-state index contributed by atoms with van der Waals surface area (Å²) in [4.78, 5) is 50.1. The van der Waals surface area contributed by atoms with Crippen LogP contribution in [0.25, 0.3) is 21.0 Å². The maximum atomic E-state index is 15.0. The maximum absolute atomic E-state index is 15.0. The molecule has 12 heteroatoms. The Hall–Kier alpha value is -5.04. The van der Waals surface area contributed by atoms with Crippen LogP contribution in [-0.4, -0.2) is 42.1 Å². The molecular formula is C41H45N3O7SSi. The first kappa shape index (κ1) is 37.7. The number of hydrogen-bond donors (Lipinski definition) is 0. The van der Waals surface area contributed by atoms with Crippen LogP contribution in [-0.2, 0) is 26.0 Å². The van der Waals surface area contributed by atoms with Crippen LogP contribution in [0.3, 0.4) is 0 Å². The molecule has 0 saturated carbocycles. The average molecular weight is 752 g/mol. The standard InChI is InChI=1S/C41H45N3O7SSi/c1-9-49-32(30-22-16-17-23-31(30)48-8)26-43-37-33(27(2)34(52-37)35-42-24-25-50-35)36(45)44(39(43)47)41(6,7)38(46)51-53(40(3,4)5,28-18-12-10-13-19-28)29-20-14-11-15-21-29/h10-25,32H,9,26H2,1-8H3/t32-/m0/s1. The van der Waals surface area contributed by atoms with Crippen LogP contribution in [0, 0.1) is 6.92 Å². The fourth-order valence-corrected chi connectivity index (χ4v) is 12.8. The lowest BCUT2D eigenvalue weighted by Crippen LogP contribution is -2.69. The first-order valence-corrected chi connectivity index (χ1v) is 20.3. The van der Waals surface area contributed by atoms with Gasteiger partial charge in [0, 0.05) is 12.2 Å². The molecule has 276 valence electrons. The zero-order valence-corrected chi connectivity index (χ0v) is 33.2. The number of hydrogen-bond acceptors (Lipinski definition) is 9. The van der Waals surface area contributed by atoms with Crippen molar-refractivity contribution >= 4 is 46.2 Å². The molecule has 0 bridgehead atoms. The highest BCUT2D eigenvalue weighted by Gasteiger charge is 2.55. The lowest BCUT2D eigenvalue weighted by molar-refractivity contribution is -0.144. The molecule has 1 atom stereocenters. The molecule has 0 fully saturated rings. The molecule has 6 rings (SSSR count). The number of carbonyl (C=O) groups excluding carboxylic acids is 1. The molecular weight excluding hydrogens is 707 g/mol. The van der Waals surface area contributed by atoms with Crippen molar-refractivity contribution in [2.45, 2.75) is 71.7 Å². The van der Waals surface area contributed by atoms with Crippen molar-refractivity contribution in [2.75, 3.05) is 13.7 Å². The van der Waals surface area contributed by atoms with E-state index in [4.69, 9.17) is 18.3 Å². The van der Waals surface area contributed by atoms with Gasteiger partial charge in [0.1, 0.15) is 28.5 Å². The van der Waals surface area contributed by atoms with Gasteiger partial charge in [0.15, 0.2) is 0 Å². The highest BCUT2D eigenvalue weighted by molar-refractivity contribution is 7.22. The normalized spacial score (nSPS) is 12.9. The Kier molecular flexibility index (Phi) is 10.5. The summed E-state index contributed by atoms with van der Waals surface area (Å²) in [5.74, 6) is 0.231. The number of rotatable bonds is 12. The lowest BCUT2D eigenvalue weighted by Gasteiger charge is -2.43. The largest absolute Gasteiger partial charge is 0.508 e. The van der Waals surface area contributed by atoms with Gasteiger partial charge >= 0.3 is 20.0 Å². The Morgan fingerprint density at radius 2 is 1.53 bits per heavy atom. The van der Waals surface area contributed by atoms with Gasteiger partial charge in [0.05, 0.1) is 30.1 Å². The number of oxazole rings is 1. The van der Waals surface area contributed by atoms with Crippen LogP contribution in [0.4, 0.5) is 0 Å². The third-order valence-corrected chi connectivity index (χ3v) is 16.0. The van der Waals surface area contributed by atoms with E-state index in [0.29, 0.717) is 33.5 Å². The number of aryl methyl sites for hydroxylation is 1. The second kappa shape index (κ2) is 14.8. The van der Waals surface area contributed by atoms with Gasteiger partial charge in [0.25, 0.3) is 5.56 Å². The number of carbonyl (C=O) groups is 1. The summed E-state index contributed by atoms with van der Waals surface area (Å²) < 4.78 is 27.0. The van der Waals surface area contributed by atoms with Crippen molar-refractivity contribution in [3.63, 3.8) is 0 Å². The van der Waals surface area contributed by atoms with Gasteiger partial charge in [0.2, 0.25) is 5.89 Å². The van der Waals surface area contributed by atoms with E-state index in [1.54, 1.807) is 27.9 Å². The van der Waals surface area contributed by atoms with Gasteiger partial charge in [-0.15, -0.1) is 11.3 Å². The molecule has 0 aliphatic rings. The maximum Gasteiger partial charge on any atom is 0.333 e. The SMILES string of the molecule is CCO[C@@H](Cn1c(=O)n(C(C)(C)C(=O)O[Si](c2ccccc2)(c2ccccc2)C(C)(C)C)c(=O)c2c(C)c(-c3ncco3)sc21)c1ccccc1OC. The summed E-state index contributed by atoms with van der Waals surface area (Å²) in [7, 11) is -1.84. The first-order chi connectivity index (χ1) is 25.3. The van der Waals surface area contributed by atoms with Crippen molar-refractivity contribution in [1.29, 1.82) is 0 Å². The van der Waals surface area contributed by atoms with E-state index < -0.39 is 42.2 Å². The Balaban J connectivity index is 1.59. The molecule has 3 aromatic carbocycles. The van der Waals surface area contributed by atoms with Crippen LogP contribution in [0.1, 0.15) is 58.8 Å². The summed E-state index contributed by atoms with van der Waals surface area (Å²) in [6, 6.07) is 27.0. The fraction of sp³-hybridized carbons (Fsp3) is 0.317. The minimum atomic E-state index is -3.42. The predicted octanol–water partition coefficient (Wildman–Crippen LogP) is 6.81. The molecule has 10 nitrogen and oxygen atoms in total. The highest BCUT2D eigenvalue weighted by Crippen LogP contribution is 2.39. The second-order valence-electron chi connectivity index (χ2n) is 14.4. The highest BCUT2D eigenvalue weighted by atomic mass is 32.1. The molecule has 0 aliphatic heterocycles. The topological polar surface area (TPSA) is 115 Å². The molecule has 53 heavy (non-hydrogen) atoms. The monoisotopic (exact) mass is 751 g/mol. The third-order valence-electron chi connectivity index (χ3n) is 9.76. The summed E-state index contributed by atoms with van der Waals surface area (Å²) in [6.45, 7) is 13.4. The number of para-hydroxylation sites is 1. The quantitative estimate of drug-likeness (QED) is 0.125. The van der Waals surface area contributed by atoms with Crippen LogP contribution < -0.4 is 26.4 Å². The average Bonchev–Trinajstić information content (AvgIpc) is 3.80. The molecule has 0 aliphatic carbocycles. The number of methoxy groups -OCH3 is 1. The minimum absolute atomic E-state index is 0.0225. The summed E-state index contributed by atoms with van der Waals surface area (Å²) >= 11 is 1.23. The van der Waals surface area contributed by atoms with Gasteiger partial charge in [-0.1, -0.05) is 99.6 Å². The predicted molar refractivity (Wildman–Crippen MR) is 211 cm³/mol. The summed E-state index contributed by atoms with van der Waals surface area (Å²) in [5, 5.41) is 1.53. The van der Waals surface area contributed by atoms with Crippen LogP contribution in [0.5, 0.6) is 5.75 Å². The van der Waals surface area contributed by atoms with Gasteiger partial charge in [-0.3, -0.25) is 14.2 Å². The van der Waals surface area contributed by atoms with Crippen LogP contribution in [0.15, 0.2) is 111 Å². The van der Waals surface area contributed by atoms with E-state index >= 15 is 4.79 Å². The first-order valence-electron chi connectivity index (χ1n) is 17.6. The Morgan fingerprint density at radius 3 is 2.08 bits per heavy atom. The number of thiophene rings is 1.